The van der Waals surface area contributed by atoms with Crippen LogP contribution in [0.5, 0.6) is 11.5 Å². The Morgan fingerprint density at radius 1 is 1.03 bits per heavy atom. The van der Waals surface area contributed by atoms with Gasteiger partial charge in [0, 0.05) is 0 Å². The second-order valence-corrected chi connectivity index (χ2v) is 6.74. The summed E-state index contributed by atoms with van der Waals surface area (Å²) in [5.74, 6) is 0.845. The summed E-state index contributed by atoms with van der Waals surface area (Å²) in [5.41, 5.74) is -0.0128. The van der Waals surface area contributed by atoms with Crippen LogP contribution in [0.25, 0.3) is 10.8 Å². The smallest absolute Gasteiger partial charge is 0.273 e. The predicted molar refractivity (Wildman–Crippen MR) is 114 cm³/mol. The van der Waals surface area contributed by atoms with Crippen LogP contribution >= 0.6 is 0 Å². The lowest BCUT2D eigenvalue weighted by Gasteiger charge is -2.18. The van der Waals surface area contributed by atoms with E-state index in [2.05, 4.69) is 10.4 Å². The number of nitrogens with one attached hydrogen (secondary N) is 2. The van der Waals surface area contributed by atoms with Crippen molar-refractivity contribution < 1.29 is 14.3 Å². The third-order valence-corrected chi connectivity index (χ3v) is 4.63. The first kappa shape index (κ1) is 21.2. The van der Waals surface area contributed by atoms with Crippen molar-refractivity contribution in [3.05, 3.63) is 68.7 Å². The van der Waals surface area contributed by atoms with E-state index in [1.54, 1.807) is 30.3 Å². The average Bonchev–Trinajstić information content (AvgIpc) is 2.73. The number of rotatable bonds is 8. The van der Waals surface area contributed by atoms with E-state index in [0.29, 0.717) is 30.1 Å². The van der Waals surface area contributed by atoms with E-state index >= 15 is 0 Å². The van der Waals surface area contributed by atoms with E-state index in [0.717, 1.165) is 10.2 Å². The van der Waals surface area contributed by atoms with Gasteiger partial charge in [0.05, 0.1) is 30.0 Å². The number of fused-ring (bicyclic) bond motifs is 1. The van der Waals surface area contributed by atoms with Gasteiger partial charge < -0.3 is 14.8 Å². The molecule has 2 aromatic carbocycles. The van der Waals surface area contributed by atoms with E-state index in [9.17, 15) is 14.4 Å². The molecule has 0 aliphatic carbocycles. The Bertz CT molecular complexity index is 1170. The van der Waals surface area contributed by atoms with E-state index in [1.165, 1.54) is 0 Å². The van der Waals surface area contributed by atoms with E-state index in [-0.39, 0.29) is 18.0 Å². The topological polar surface area (TPSA) is 102 Å². The quantitative estimate of drug-likeness (QED) is 0.592. The van der Waals surface area contributed by atoms with Gasteiger partial charge in [0.2, 0.25) is 5.91 Å². The summed E-state index contributed by atoms with van der Waals surface area (Å²) >= 11 is 0. The minimum atomic E-state index is -0.423. The Labute approximate surface area is 173 Å². The zero-order chi connectivity index (χ0) is 21.7. The zero-order valence-electron chi connectivity index (χ0n) is 17.2. The number of carbonyl (C=O) groups is 1. The number of carbonyl (C=O) groups excluding carboxylic acids is 1. The molecule has 8 nitrogen and oxygen atoms in total. The molecule has 1 heterocycles. The Hall–Kier alpha value is -3.55. The van der Waals surface area contributed by atoms with Crippen molar-refractivity contribution in [3.8, 4) is 11.5 Å². The molecule has 0 aliphatic rings. The lowest BCUT2D eigenvalue weighted by molar-refractivity contribution is -0.122. The molecule has 0 bridgehead atoms. The van der Waals surface area contributed by atoms with Gasteiger partial charge in [-0.05, 0) is 50.6 Å². The number of hydrogen-bond acceptors (Lipinski definition) is 5. The molecule has 0 radical (unpaired) electrons. The Morgan fingerprint density at radius 3 is 2.40 bits per heavy atom. The number of H-pyrrole nitrogens is 1. The second kappa shape index (κ2) is 9.30. The summed E-state index contributed by atoms with van der Waals surface area (Å²) in [6.45, 7) is 6.32. The molecule has 1 aromatic heterocycles. The van der Waals surface area contributed by atoms with Crippen molar-refractivity contribution in [1.82, 2.24) is 15.1 Å². The van der Waals surface area contributed by atoms with E-state index in [4.69, 9.17) is 9.47 Å². The zero-order valence-corrected chi connectivity index (χ0v) is 17.2. The van der Waals surface area contributed by atoms with Crippen molar-refractivity contribution in [2.24, 2.45) is 0 Å². The van der Waals surface area contributed by atoms with Crippen LogP contribution in [0.3, 0.4) is 0 Å². The van der Waals surface area contributed by atoms with E-state index in [1.807, 2.05) is 32.9 Å². The molecule has 158 valence electrons. The summed E-state index contributed by atoms with van der Waals surface area (Å²) in [6, 6.07) is 11.6. The van der Waals surface area contributed by atoms with Crippen LogP contribution < -0.4 is 25.9 Å². The maximum absolute atomic E-state index is 12.6. The molecule has 1 atom stereocenters. The molecule has 0 aliphatic heterocycles. The summed E-state index contributed by atoms with van der Waals surface area (Å²) in [5, 5.41) is 5.87. The highest BCUT2D eigenvalue weighted by molar-refractivity contribution is 5.81. The lowest BCUT2D eigenvalue weighted by Crippen LogP contribution is -2.37. The van der Waals surface area contributed by atoms with Crippen molar-refractivity contribution in [2.45, 2.75) is 33.4 Å². The largest absolute Gasteiger partial charge is 0.490 e. The normalized spacial score (nSPS) is 11.8. The number of nitrogens with zero attached hydrogens (tertiary/aromatic N) is 1. The van der Waals surface area contributed by atoms with Crippen LogP contribution in [0.4, 0.5) is 0 Å². The molecule has 0 unspecified atom stereocenters. The second-order valence-electron chi connectivity index (χ2n) is 6.74. The van der Waals surface area contributed by atoms with Crippen LogP contribution in [0.15, 0.2) is 52.1 Å². The van der Waals surface area contributed by atoms with Gasteiger partial charge in [-0.3, -0.25) is 19.5 Å². The molecule has 1 amide bonds. The number of hydrogen-bond donors (Lipinski definition) is 2. The van der Waals surface area contributed by atoms with Crippen molar-refractivity contribution in [3.63, 3.8) is 0 Å². The Balaban J connectivity index is 1.77. The molecule has 2 N–H and O–H groups in total. The molecule has 3 rings (SSSR count). The van der Waals surface area contributed by atoms with Crippen molar-refractivity contribution >= 4 is 16.7 Å². The van der Waals surface area contributed by atoms with Gasteiger partial charge >= 0.3 is 0 Å². The molecule has 0 spiro atoms. The third-order valence-electron chi connectivity index (χ3n) is 4.63. The van der Waals surface area contributed by atoms with Gasteiger partial charge in [-0.25, -0.2) is 4.68 Å². The van der Waals surface area contributed by atoms with Crippen LogP contribution in [-0.2, 0) is 11.3 Å². The fraction of sp³-hybridized carbons (Fsp3) is 0.318. The summed E-state index contributed by atoms with van der Waals surface area (Å²) in [7, 11) is 0. The Morgan fingerprint density at radius 2 is 1.70 bits per heavy atom. The number of aromatic nitrogens is 2. The summed E-state index contributed by atoms with van der Waals surface area (Å²) in [6.07, 6.45) is 0. The SMILES string of the molecule is CCOc1ccc([C@H](C)NC(=O)Cn2[nH]c(=O)c3ccccc3c2=O)cc1OCC. The van der Waals surface area contributed by atoms with Gasteiger partial charge in [-0.1, -0.05) is 18.2 Å². The fourth-order valence-corrected chi connectivity index (χ4v) is 3.21. The molecular weight excluding hydrogens is 386 g/mol. The molecule has 0 fully saturated rings. The van der Waals surface area contributed by atoms with Gasteiger partial charge in [0.25, 0.3) is 11.1 Å². The minimum absolute atomic E-state index is 0.273. The number of amides is 1. The minimum Gasteiger partial charge on any atom is -0.490 e. The molecule has 0 saturated heterocycles. The first-order valence-electron chi connectivity index (χ1n) is 9.85. The Kier molecular flexibility index (Phi) is 6.56. The molecule has 8 heteroatoms. The predicted octanol–water partition coefficient (Wildman–Crippen LogP) is 2.36. The average molecular weight is 411 g/mol. The maximum atomic E-state index is 12.6. The van der Waals surface area contributed by atoms with Crippen molar-refractivity contribution in [2.75, 3.05) is 13.2 Å². The van der Waals surface area contributed by atoms with Gasteiger partial charge in [-0.15, -0.1) is 0 Å². The fourth-order valence-electron chi connectivity index (χ4n) is 3.21. The number of benzene rings is 2. The first-order valence-corrected chi connectivity index (χ1v) is 9.85. The summed E-state index contributed by atoms with van der Waals surface area (Å²) in [4.78, 5) is 37.3. The van der Waals surface area contributed by atoms with Crippen molar-refractivity contribution in [1.29, 1.82) is 0 Å². The van der Waals surface area contributed by atoms with Crippen LogP contribution in [0.2, 0.25) is 0 Å². The first-order chi connectivity index (χ1) is 14.4. The summed E-state index contributed by atoms with van der Waals surface area (Å²) < 4.78 is 12.2. The maximum Gasteiger partial charge on any atom is 0.273 e. The highest BCUT2D eigenvalue weighted by atomic mass is 16.5. The molecule has 30 heavy (non-hydrogen) atoms. The number of ether oxygens (including phenoxy) is 2. The van der Waals surface area contributed by atoms with Gasteiger partial charge in [0.15, 0.2) is 11.5 Å². The van der Waals surface area contributed by atoms with Crippen LogP contribution in [0, 0.1) is 0 Å². The lowest BCUT2D eigenvalue weighted by atomic mass is 10.1. The highest BCUT2D eigenvalue weighted by Gasteiger charge is 2.15. The molecular formula is C22H25N3O5. The molecule has 0 saturated carbocycles. The van der Waals surface area contributed by atoms with E-state index < -0.39 is 17.0 Å². The third kappa shape index (κ3) is 4.53. The van der Waals surface area contributed by atoms with Crippen LogP contribution in [0.1, 0.15) is 32.4 Å². The standard InChI is InChI=1S/C22H25N3O5/c1-4-29-18-11-10-15(12-19(18)30-5-2)14(3)23-20(26)13-25-22(28)17-9-7-6-8-16(17)21(27)24-25/h6-12,14H,4-5,13H2,1-3H3,(H,23,26)(H,24,27)/t14-/m0/s1. The highest BCUT2D eigenvalue weighted by Crippen LogP contribution is 2.30. The molecule has 3 aromatic rings. The van der Waals surface area contributed by atoms with Gasteiger partial charge in [-0.2, -0.15) is 0 Å². The number of aromatic amines is 1. The van der Waals surface area contributed by atoms with Crippen LogP contribution in [-0.4, -0.2) is 28.9 Å². The van der Waals surface area contributed by atoms with Gasteiger partial charge in [0.1, 0.15) is 6.54 Å². The monoisotopic (exact) mass is 411 g/mol.